The van der Waals surface area contributed by atoms with E-state index >= 15 is 0 Å². The van der Waals surface area contributed by atoms with E-state index in [0.29, 0.717) is 5.75 Å². The lowest BCUT2D eigenvalue weighted by molar-refractivity contribution is 0.475. The van der Waals surface area contributed by atoms with Crippen molar-refractivity contribution in [2.75, 3.05) is 0 Å². The Morgan fingerprint density at radius 3 is 2.48 bits per heavy atom. The van der Waals surface area contributed by atoms with E-state index in [0.717, 1.165) is 18.5 Å². The molecule has 4 rings (SSSR count). The lowest BCUT2D eigenvalue weighted by Gasteiger charge is -2.17. The van der Waals surface area contributed by atoms with Gasteiger partial charge in [-0.15, -0.1) is 0 Å². The molecular weight excluding hydrogens is 282 g/mol. The fourth-order valence-electron chi connectivity index (χ4n) is 3.91. The fourth-order valence-corrected chi connectivity index (χ4v) is 3.91. The molecule has 0 fully saturated rings. The summed E-state index contributed by atoms with van der Waals surface area (Å²) < 4.78 is 2.34. The van der Waals surface area contributed by atoms with Crippen LogP contribution in [0.25, 0.3) is 16.8 Å². The molecule has 0 saturated heterocycles. The summed E-state index contributed by atoms with van der Waals surface area (Å²) in [5, 5.41) is 9.88. The van der Waals surface area contributed by atoms with E-state index in [2.05, 4.69) is 47.9 Å². The molecule has 0 amide bonds. The molecule has 0 aliphatic heterocycles. The summed E-state index contributed by atoms with van der Waals surface area (Å²) in [5.74, 6) is 0.321. The lowest BCUT2D eigenvalue weighted by atomic mass is 9.91. The highest BCUT2D eigenvalue weighted by Gasteiger charge is 2.24. The Morgan fingerprint density at radius 2 is 1.70 bits per heavy atom. The van der Waals surface area contributed by atoms with Crippen molar-refractivity contribution in [1.82, 2.24) is 4.57 Å². The zero-order valence-corrected chi connectivity index (χ0v) is 13.4. The van der Waals surface area contributed by atoms with E-state index < -0.39 is 0 Å². The van der Waals surface area contributed by atoms with Gasteiger partial charge in [-0.25, -0.2) is 0 Å². The van der Waals surface area contributed by atoms with Gasteiger partial charge in [-0.3, -0.25) is 0 Å². The maximum atomic E-state index is 9.88. The molecule has 0 bridgehead atoms. The number of nitrogens with zero attached hydrogens (tertiary/aromatic N) is 1. The van der Waals surface area contributed by atoms with E-state index in [1.165, 1.54) is 40.9 Å². The molecule has 116 valence electrons. The van der Waals surface area contributed by atoms with E-state index in [9.17, 15) is 5.11 Å². The Kier molecular flexibility index (Phi) is 3.45. The molecule has 2 heteroatoms. The second kappa shape index (κ2) is 5.62. The summed E-state index contributed by atoms with van der Waals surface area (Å²) >= 11 is 0. The van der Waals surface area contributed by atoms with E-state index in [1.807, 2.05) is 12.1 Å². The molecule has 0 saturated carbocycles. The van der Waals surface area contributed by atoms with Crippen LogP contribution in [-0.4, -0.2) is 9.67 Å². The van der Waals surface area contributed by atoms with Crippen LogP contribution >= 0.6 is 0 Å². The Bertz CT molecular complexity index is 846. The molecule has 1 aliphatic rings. The number of aromatic hydroxyl groups is 1. The largest absolute Gasteiger partial charge is 0.508 e. The molecule has 1 aliphatic carbocycles. The van der Waals surface area contributed by atoms with Gasteiger partial charge in [0.1, 0.15) is 5.75 Å². The van der Waals surface area contributed by atoms with Crippen LogP contribution in [0.15, 0.2) is 54.6 Å². The van der Waals surface area contributed by atoms with Gasteiger partial charge in [0.05, 0.1) is 0 Å². The highest BCUT2D eigenvalue weighted by atomic mass is 16.3. The molecular formula is C21H21NO. The second-order valence-electron chi connectivity index (χ2n) is 6.31. The minimum atomic E-state index is 0.321. The van der Waals surface area contributed by atoms with Gasteiger partial charge < -0.3 is 9.67 Å². The van der Waals surface area contributed by atoms with Crippen LogP contribution in [0, 0.1) is 6.92 Å². The highest BCUT2D eigenvalue weighted by molar-refractivity contribution is 5.73. The van der Waals surface area contributed by atoms with Crippen molar-refractivity contribution in [1.29, 1.82) is 0 Å². The molecule has 2 nitrogen and oxygen atoms in total. The average Bonchev–Trinajstić information content (AvgIpc) is 2.87. The summed E-state index contributed by atoms with van der Waals surface area (Å²) in [5.41, 5.74) is 7.91. The van der Waals surface area contributed by atoms with Crippen molar-refractivity contribution >= 4 is 0 Å². The molecule has 1 aromatic heterocycles. The van der Waals surface area contributed by atoms with E-state index in [-0.39, 0.29) is 0 Å². The maximum absolute atomic E-state index is 9.88. The SMILES string of the molecule is Cc1c(-c2ccccc2)c2c(n1-c1cccc(O)c1)CCCC2. The predicted molar refractivity (Wildman–Crippen MR) is 94.2 cm³/mol. The van der Waals surface area contributed by atoms with Crippen LogP contribution in [0.5, 0.6) is 5.75 Å². The Labute approximate surface area is 137 Å². The number of fused-ring (bicyclic) bond motifs is 1. The molecule has 2 aromatic carbocycles. The van der Waals surface area contributed by atoms with Crippen LogP contribution < -0.4 is 0 Å². The summed E-state index contributed by atoms with van der Waals surface area (Å²) in [6.45, 7) is 2.20. The van der Waals surface area contributed by atoms with Crippen LogP contribution in [0.3, 0.4) is 0 Å². The first-order chi connectivity index (χ1) is 11.3. The summed E-state index contributed by atoms with van der Waals surface area (Å²) in [4.78, 5) is 0. The lowest BCUT2D eigenvalue weighted by Crippen LogP contribution is -2.07. The monoisotopic (exact) mass is 303 g/mol. The number of hydrogen-bond donors (Lipinski definition) is 1. The van der Waals surface area contributed by atoms with Gasteiger partial charge in [-0.2, -0.15) is 0 Å². The zero-order chi connectivity index (χ0) is 15.8. The number of rotatable bonds is 2. The van der Waals surface area contributed by atoms with Gasteiger partial charge >= 0.3 is 0 Å². The number of benzene rings is 2. The maximum Gasteiger partial charge on any atom is 0.117 e. The van der Waals surface area contributed by atoms with Gasteiger partial charge in [0.25, 0.3) is 0 Å². The molecule has 0 unspecified atom stereocenters. The van der Waals surface area contributed by atoms with Crippen molar-refractivity contribution in [2.45, 2.75) is 32.6 Å². The van der Waals surface area contributed by atoms with E-state index in [4.69, 9.17) is 0 Å². The molecule has 0 atom stereocenters. The third-order valence-corrected chi connectivity index (χ3v) is 4.86. The molecule has 1 heterocycles. The van der Waals surface area contributed by atoms with Crippen molar-refractivity contribution in [3.05, 3.63) is 71.5 Å². The van der Waals surface area contributed by atoms with Crippen LogP contribution in [0.4, 0.5) is 0 Å². The molecule has 1 N–H and O–H groups in total. The fraction of sp³-hybridized carbons (Fsp3) is 0.238. The molecule has 0 spiro atoms. The standard InChI is InChI=1S/C21H21NO/c1-15-21(16-8-3-2-4-9-16)19-12-5-6-13-20(19)22(15)17-10-7-11-18(23)14-17/h2-4,7-11,14,23H,5-6,12-13H2,1H3. The second-order valence-corrected chi connectivity index (χ2v) is 6.31. The molecule has 23 heavy (non-hydrogen) atoms. The highest BCUT2D eigenvalue weighted by Crippen LogP contribution is 2.38. The summed E-state index contributed by atoms with van der Waals surface area (Å²) in [6, 6.07) is 18.3. The number of phenols is 1. The molecule has 0 radical (unpaired) electrons. The zero-order valence-electron chi connectivity index (χ0n) is 13.4. The Balaban J connectivity index is 1.99. The molecule has 3 aromatic rings. The average molecular weight is 303 g/mol. The van der Waals surface area contributed by atoms with Gasteiger partial charge in [-0.1, -0.05) is 36.4 Å². The first kappa shape index (κ1) is 14.1. The Hall–Kier alpha value is -2.48. The topological polar surface area (TPSA) is 25.2 Å². The van der Waals surface area contributed by atoms with Crippen LogP contribution in [0.2, 0.25) is 0 Å². The predicted octanol–water partition coefficient (Wildman–Crippen LogP) is 5.04. The van der Waals surface area contributed by atoms with Gasteiger partial charge in [0, 0.05) is 28.7 Å². The first-order valence-corrected chi connectivity index (χ1v) is 8.33. The van der Waals surface area contributed by atoms with Crippen molar-refractivity contribution in [3.63, 3.8) is 0 Å². The quantitative estimate of drug-likeness (QED) is 0.705. The van der Waals surface area contributed by atoms with Gasteiger partial charge in [0.2, 0.25) is 0 Å². The van der Waals surface area contributed by atoms with Crippen LogP contribution in [-0.2, 0) is 12.8 Å². The Morgan fingerprint density at radius 1 is 0.913 bits per heavy atom. The van der Waals surface area contributed by atoms with Crippen LogP contribution in [0.1, 0.15) is 29.8 Å². The smallest absolute Gasteiger partial charge is 0.117 e. The minimum Gasteiger partial charge on any atom is -0.508 e. The van der Waals surface area contributed by atoms with Crippen molar-refractivity contribution in [2.24, 2.45) is 0 Å². The van der Waals surface area contributed by atoms with Gasteiger partial charge in [0.15, 0.2) is 0 Å². The third kappa shape index (κ3) is 2.35. The summed E-state index contributed by atoms with van der Waals surface area (Å²) in [6.07, 6.45) is 4.75. The third-order valence-electron chi connectivity index (χ3n) is 4.86. The number of hydrogen-bond acceptors (Lipinski definition) is 1. The minimum absolute atomic E-state index is 0.321. The number of phenolic OH excluding ortho intramolecular Hbond substituents is 1. The van der Waals surface area contributed by atoms with E-state index in [1.54, 1.807) is 6.07 Å². The normalized spacial score (nSPS) is 13.8. The first-order valence-electron chi connectivity index (χ1n) is 8.33. The van der Waals surface area contributed by atoms with Crippen molar-refractivity contribution < 1.29 is 5.11 Å². The number of aromatic nitrogens is 1. The summed E-state index contributed by atoms with van der Waals surface area (Å²) in [7, 11) is 0. The van der Waals surface area contributed by atoms with Gasteiger partial charge in [-0.05, 0) is 55.9 Å². The van der Waals surface area contributed by atoms with Crippen molar-refractivity contribution in [3.8, 4) is 22.6 Å².